The lowest BCUT2D eigenvalue weighted by Gasteiger charge is -2.28. The van der Waals surface area contributed by atoms with Gasteiger partial charge < -0.3 is 15.8 Å². The fraction of sp³-hybridized carbons (Fsp3) is 0.556. The van der Waals surface area contributed by atoms with E-state index in [2.05, 4.69) is 5.32 Å². The van der Waals surface area contributed by atoms with Crippen molar-refractivity contribution in [2.75, 3.05) is 7.05 Å². The molecule has 0 amide bonds. The maximum absolute atomic E-state index is 11.5. The number of allylic oxidation sites excluding steroid dienone is 1. The zero-order chi connectivity index (χ0) is 9.84. The van der Waals surface area contributed by atoms with E-state index >= 15 is 0 Å². The highest BCUT2D eigenvalue weighted by Crippen LogP contribution is 2.23. The van der Waals surface area contributed by atoms with Gasteiger partial charge in [-0.3, -0.25) is 4.79 Å². The van der Waals surface area contributed by atoms with Crippen molar-refractivity contribution < 1.29 is 9.90 Å². The van der Waals surface area contributed by atoms with Gasteiger partial charge in [0.1, 0.15) is 0 Å². The van der Waals surface area contributed by atoms with E-state index in [0.29, 0.717) is 12.0 Å². The molecule has 0 aromatic rings. The summed E-state index contributed by atoms with van der Waals surface area (Å²) in [5.74, 6) is -0.555. The van der Waals surface area contributed by atoms with Crippen LogP contribution in [-0.2, 0) is 4.79 Å². The third-order valence-electron chi connectivity index (χ3n) is 2.48. The molecule has 0 aromatic carbocycles. The predicted octanol–water partition coefficient (Wildman–Crippen LogP) is 0.645. The summed E-state index contributed by atoms with van der Waals surface area (Å²) in [4.78, 5) is 11.5. The van der Waals surface area contributed by atoms with E-state index < -0.39 is 5.92 Å². The number of carbonyl (C=O) groups is 1. The summed E-state index contributed by atoms with van der Waals surface area (Å²) in [6.07, 6.45) is 3.39. The summed E-state index contributed by atoms with van der Waals surface area (Å²) in [6, 6.07) is 0.0358. The number of nitrogens with one attached hydrogen (secondary N) is 2. The fourth-order valence-electron chi connectivity index (χ4n) is 1.65. The van der Waals surface area contributed by atoms with Crippen LogP contribution in [0.4, 0.5) is 0 Å². The Morgan fingerprint density at radius 2 is 2.38 bits per heavy atom. The Morgan fingerprint density at radius 3 is 2.85 bits per heavy atom. The number of rotatable bonds is 2. The molecular weight excluding hydrogens is 168 g/mol. The maximum Gasteiger partial charge on any atom is 0.171 e. The molecule has 0 heterocycles. The molecule has 3 N–H and O–H groups in total. The highest BCUT2D eigenvalue weighted by Gasteiger charge is 2.32. The molecule has 1 aliphatic rings. The summed E-state index contributed by atoms with van der Waals surface area (Å²) in [5.41, 5.74) is 0.431. The molecule has 0 saturated heterocycles. The molecule has 1 aliphatic carbocycles. The molecular formula is C9H14N2O2. The number of hydrogen-bond acceptors (Lipinski definition) is 4. The van der Waals surface area contributed by atoms with Gasteiger partial charge in [-0.2, -0.15) is 0 Å². The molecule has 0 aromatic heterocycles. The fourth-order valence-corrected chi connectivity index (χ4v) is 1.65. The van der Waals surface area contributed by atoms with Gasteiger partial charge in [-0.05, 0) is 19.9 Å². The topological polar surface area (TPSA) is 73.2 Å². The first-order chi connectivity index (χ1) is 6.24. The third kappa shape index (κ3) is 1.78. The number of carbonyl (C=O) groups excluding carboxylic acids is 1. The largest absolute Gasteiger partial charge is 0.515 e. The van der Waals surface area contributed by atoms with Crippen molar-refractivity contribution >= 4 is 12.0 Å². The number of aliphatic hydroxyl groups is 1. The highest BCUT2D eigenvalue weighted by molar-refractivity contribution is 6.06. The van der Waals surface area contributed by atoms with E-state index in [0.717, 1.165) is 18.9 Å². The summed E-state index contributed by atoms with van der Waals surface area (Å²) in [7, 11) is 1.78. The Kier molecular flexibility index (Phi) is 3.19. The Labute approximate surface area is 77.2 Å². The number of ketones is 1. The van der Waals surface area contributed by atoms with Crippen LogP contribution in [0.5, 0.6) is 0 Å². The van der Waals surface area contributed by atoms with Crippen LogP contribution in [0.2, 0.25) is 0 Å². The lowest BCUT2D eigenvalue weighted by atomic mass is 9.81. The van der Waals surface area contributed by atoms with Crippen LogP contribution in [-0.4, -0.2) is 30.2 Å². The van der Waals surface area contributed by atoms with E-state index in [4.69, 9.17) is 10.5 Å². The van der Waals surface area contributed by atoms with Crippen LogP contribution < -0.4 is 5.32 Å². The van der Waals surface area contributed by atoms with Gasteiger partial charge in [0.05, 0.1) is 12.2 Å². The molecule has 0 radical (unpaired) electrons. The lowest BCUT2D eigenvalue weighted by molar-refractivity contribution is -0.119. The molecule has 0 aliphatic heterocycles. The Hall–Kier alpha value is -1.16. The van der Waals surface area contributed by atoms with Crippen LogP contribution >= 0.6 is 0 Å². The van der Waals surface area contributed by atoms with E-state index in [1.54, 1.807) is 7.05 Å². The van der Waals surface area contributed by atoms with E-state index in [1.807, 2.05) is 0 Å². The first-order valence-electron chi connectivity index (χ1n) is 4.30. The van der Waals surface area contributed by atoms with Gasteiger partial charge in [0, 0.05) is 17.8 Å². The second-order valence-electron chi connectivity index (χ2n) is 3.14. The van der Waals surface area contributed by atoms with Crippen LogP contribution in [0.1, 0.15) is 12.8 Å². The van der Waals surface area contributed by atoms with E-state index in [-0.39, 0.29) is 11.8 Å². The summed E-state index contributed by atoms with van der Waals surface area (Å²) in [5, 5.41) is 18.9. The Bertz CT molecular complexity index is 248. The van der Waals surface area contributed by atoms with Crippen LogP contribution in [0, 0.1) is 11.3 Å². The molecule has 13 heavy (non-hydrogen) atoms. The molecule has 4 nitrogen and oxygen atoms in total. The maximum atomic E-state index is 11.5. The third-order valence-corrected chi connectivity index (χ3v) is 2.48. The minimum atomic E-state index is -0.419. The molecule has 0 bridgehead atoms. The Morgan fingerprint density at radius 1 is 1.69 bits per heavy atom. The summed E-state index contributed by atoms with van der Waals surface area (Å²) < 4.78 is 0. The zero-order valence-corrected chi connectivity index (χ0v) is 7.58. The summed E-state index contributed by atoms with van der Waals surface area (Å²) in [6.45, 7) is 0. The van der Waals surface area contributed by atoms with Gasteiger partial charge in [-0.25, -0.2) is 0 Å². The lowest BCUT2D eigenvalue weighted by Crippen LogP contribution is -2.43. The molecule has 72 valence electrons. The number of aliphatic hydroxyl groups excluding tert-OH is 1. The quantitative estimate of drug-likeness (QED) is 0.333. The number of hydrogen-bond donors (Lipinski definition) is 3. The zero-order valence-electron chi connectivity index (χ0n) is 7.58. The van der Waals surface area contributed by atoms with Gasteiger partial charge >= 0.3 is 0 Å². The van der Waals surface area contributed by atoms with Crippen molar-refractivity contribution in [1.29, 1.82) is 5.41 Å². The van der Waals surface area contributed by atoms with Gasteiger partial charge in [0.15, 0.2) is 5.78 Å². The van der Waals surface area contributed by atoms with Crippen molar-refractivity contribution in [2.45, 2.75) is 18.9 Å². The van der Waals surface area contributed by atoms with E-state index in [1.165, 1.54) is 0 Å². The second-order valence-corrected chi connectivity index (χ2v) is 3.14. The molecule has 1 saturated carbocycles. The molecule has 2 unspecified atom stereocenters. The van der Waals surface area contributed by atoms with Gasteiger partial charge in [-0.1, -0.05) is 0 Å². The van der Waals surface area contributed by atoms with Gasteiger partial charge in [0.25, 0.3) is 0 Å². The summed E-state index contributed by atoms with van der Waals surface area (Å²) >= 11 is 0. The van der Waals surface area contributed by atoms with Crippen molar-refractivity contribution in [3.63, 3.8) is 0 Å². The predicted molar refractivity (Wildman–Crippen MR) is 50.1 cm³/mol. The minimum Gasteiger partial charge on any atom is -0.515 e. The second kappa shape index (κ2) is 4.18. The monoisotopic (exact) mass is 182 g/mol. The van der Waals surface area contributed by atoms with Crippen molar-refractivity contribution in [3.8, 4) is 0 Å². The minimum absolute atomic E-state index is 0.0358. The average Bonchev–Trinajstić information content (AvgIpc) is 2.17. The molecule has 0 spiro atoms. The van der Waals surface area contributed by atoms with Crippen molar-refractivity contribution in [1.82, 2.24) is 5.32 Å². The first-order valence-corrected chi connectivity index (χ1v) is 4.30. The normalized spacial score (nSPS) is 32.1. The molecule has 1 rings (SSSR count). The number of Topliss-reactive ketones (excluding diaryl/α,β-unsaturated/α-hetero) is 1. The van der Waals surface area contributed by atoms with Crippen LogP contribution in [0.25, 0.3) is 0 Å². The van der Waals surface area contributed by atoms with Crippen molar-refractivity contribution in [2.24, 2.45) is 5.92 Å². The molecule has 4 heteroatoms. The Balaban J connectivity index is 2.83. The SMILES string of the molecule is CNC1CC/C(=C\O)C(=O)C1C=N. The smallest absolute Gasteiger partial charge is 0.171 e. The molecule has 1 fully saturated rings. The van der Waals surface area contributed by atoms with Crippen LogP contribution in [0.3, 0.4) is 0 Å². The first kappa shape index (κ1) is 9.92. The average molecular weight is 182 g/mol. The van der Waals surface area contributed by atoms with Gasteiger partial charge in [-0.15, -0.1) is 0 Å². The molecule has 2 atom stereocenters. The van der Waals surface area contributed by atoms with Gasteiger partial charge in [0.2, 0.25) is 0 Å². The van der Waals surface area contributed by atoms with E-state index in [9.17, 15) is 4.79 Å². The van der Waals surface area contributed by atoms with Crippen LogP contribution in [0.15, 0.2) is 11.8 Å². The van der Waals surface area contributed by atoms with Crippen molar-refractivity contribution in [3.05, 3.63) is 11.8 Å². The highest BCUT2D eigenvalue weighted by atomic mass is 16.2. The standard InChI is InChI=1S/C9H14N2O2/c1-11-8-3-2-6(5-12)9(13)7(8)4-10/h4-5,7-8,10-12H,2-3H2,1H3/b6-5+,10-4?.